The number of amides is 1. The molecule has 0 aliphatic carbocycles. The summed E-state index contributed by atoms with van der Waals surface area (Å²) in [6.45, 7) is 9.53. The molecule has 20 heavy (non-hydrogen) atoms. The van der Waals surface area contributed by atoms with E-state index in [1.54, 1.807) is 46.8 Å². The van der Waals surface area contributed by atoms with Gasteiger partial charge >= 0.3 is 6.09 Å². The Morgan fingerprint density at radius 3 is 2.70 bits per heavy atom. The van der Waals surface area contributed by atoms with E-state index >= 15 is 0 Å². The molecule has 116 valence electrons. The van der Waals surface area contributed by atoms with Crippen molar-refractivity contribution in [3.05, 3.63) is 12.2 Å². The average Bonchev–Trinajstić information content (AvgIpc) is 2.59. The Morgan fingerprint density at radius 1 is 1.60 bits per heavy atom. The molecule has 1 saturated heterocycles. The molecule has 1 aliphatic rings. The van der Waals surface area contributed by atoms with Gasteiger partial charge in [0.15, 0.2) is 0 Å². The molecule has 1 heterocycles. The number of rotatable bonds is 3. The van der Waals surface area contributed by atoms with E-state index in [-0.39, 0.29) is 6.61 Å². The zero-order valence-corrected chi connectivity index (χ0v) is 12.9. The van der Waals surface area contributed by atoms with Crippen LogP contribution in [0.5, 0.6) is 0 Å². The molecule has 1 unspecified atom stereocenters. The predicted octanol–water partition coefficient (Wildman–Crippen LogP) is 1.23. The molecule has 6 heteroatoms. The Bertz CT molecular complexity index is 374. The smallest absolute Gasteiger partial charge is 0.413 e. The van der Waals surface area contributed by atoms with Gasteiger partial charge in [0.1, 0.15) is 11.3 Å². The van der Waals surface area contributed by atoms with Gasteiger partial charge in [0.2, 0.25) is 0 Å². The van der Waals surface area contributed by atoms with Gasteiger partial charge in [-0.05, 0) is 34.6 Å². The van der Waals surface area contributed by atoms with Crippen molar-refractivity contribution >= 4 is 6.09 Å². The van der Waals surface area contributed by atoms with E-state index in [1.807, 2.05) is 0 Å². The largest absolute Gasteiger partial charge is 0.444 e. The van der Waals surface area contributed by atoms with Gasteiger partial charge in [-0.3, -0.25) is 4.90 Å². The minimum Gasteiger partial charge on any atom is -0.444 e. The summed E-state index contributed by atoms with van der Waals surface area (Å²) >= 11 is 0. The maximum absolute atomic E-state index is 12.3. The van der Waals surface area contributed by atoms with Crippen LogP contribution in [0, 0.1) is 0 Å². The summed E-state index contributed by atoms with van der Waals surface area (Å²) in [7, 11) is 0. The fourth-order valence-corrected chi connectivity index (χ4v) is 2.10. The Hall–Kier alpha value is -1.11. The summed E-state index contributed by atoms with van der Waals surface area (Å²) in [5.74, 6) is 0. The average molecular weight is 286 g/mol. The van der Waals surface area contributed by atoms with Crippen LogP contribution in [0.15, 0.2) is 12.2 Å². The lowest BCUT2D eigenvalue weighted by molar-refractivity contribution is -0.0660. The summed E-state index contributed by atoms with van der Waals surface area (Å²) in [4.78, 5) is 13.8. The summed E-state index contributed by atoms with van der Waals surface area (Å²) in [5, 5.41) is 10.2. The highest BCUT2D eigenvalue weighted by Crippen LogP contribution is 2.31. The predicted molar refractivity (Wildman–Crippen MR) is 76.1 cm³/mol. The second-order valence-corrected chi connectivity index (χ2v) is 6.33. The summed E-state index contributed by atoms with van der Waals surface area (Å²) < 4.78 is 11.0. The van der Waals surface area contributed by atoms with Crippen LogP contribution in [-0.4, -0.2) is 52.7 Å². The lowest BCUT2D eigenvalue weighted by atomic mass is 10.1. The fourth-order valence-electron chi connectivity index (χ4n) is 2.10. The third-order valence-corrected chi connectivity index (χ3v) is 2.97. The maximum atomic E-state index is 12.3. The van der Waals surface area contributed by atoms with E-state index in [0.29, 0.717) is 6.54 Å². The van der Waals surface area contributed by atoms with Crippen LogP contribution >= 0.6 is 0 Å². The van der Waals surface area contributed by atoms with Gasteiger partial charge in [0, 0.05) is 6.54 Å². The monoisotopic (exact) mass is 286 g/mol. The summed E-state index contributed by atoms with van der Waals surface area (Å²) in [6.07, 6.45) is 1.90. The molecule has 0 aromatic heterocycles. The second kappa shape index (κ2) is 6.11. The molecule has 1 fully saturated rings. The van der Waals surface area contributed by atoms with E-state index in [2.05, 4.69) is 0 Å². The third-order valence-electron chi connectivity index (χ3n) is 2.97. The number of ether oxygens (including phenoxy) is 2. The zero-order valence-electron chi connectivity index (χ0n) is 12.9. The lowest BCUT2D eigenvalue weighted by Gasteiger charge is -2.36. The molecular weight excluding hydrogens is 260 g/mol. The minimum absolute atomic E-state index is 0.252. The SMILES string of the molecule is CC(C)(C)OC(=O)N1C([C@@H](O)C=CCN)COC1(C)C. The first-order valence-corrected chi connectivity index (χ1v) is 6.79. The van der Waals surface area contributed by atoms with E-state index in [0.717, 1.165) is 0 Å². The van der Waals surface area contributed by atoms with Gasteiger partial charge in [-0.15, -0.1) is 0 Å². The lowest BCUT2D eigenvalue weighted by Crippen LogP contribution is -2.53. The topological polar surface area (TPSA) is 85.0 Å². The van der Waals surface area contributed by atoms with E-state index in [4.69, 9.17) is 15.2 Å². The first kappa shape index (κ1) is 16.9. The normalized spacial score (nSPS) is 24.1. The first-order valence-electron chi connectivity index (χ1n) is 6.79. The maximum Gasteiger partial charge on any atom is 0.413 e. The number of nitrogens with zero attached hydrogens (tertiary/aromatic N) is 1. The van der Waals surface area contributed by atoms with Crippen LogP contribution in [0.25, 0.3) is 0 Å². The van der Waals surface area contributed by atoms with Crippen LogP contribution in [-0.2, 0) is 9.47 Å². The Morgan fingerprint density at radius 2 is 2.20 bits per heavy atom. The second-order valence-electron chi connectivity index (χ2n) is 6.33. The molecule has 0 radical (unpaired) electrons. The first-order chi connectivity index (χ1) is 9.08. The van der Waals surface area contributed by atoms with E-state index in [1.165, 1.54) is 4.90 Å². The highest BCUT2D eigenvalue weighted by molar-refractivity contribution is 5.70. The standard InChI is InChI=1S/C14H26N2O4/c1-13(2,3)20-12(18)16-10(9-19-14(16,4)5)11(17)7-6-8-15/h6-7,10-11,17H,8-9,15H2,1-5H3/t10?,11-/m0/s1. The van der Waals surface area contributed by atoms with Crippen molar-refractivity contribution in [1.29, 1.82) is 0 Å². The zero-order chi connectivity index (χ0) is 15.6. The number of hydrogen-bond donors (Lipinski definition) is 2. The van der Waals surface area contributed by atoms with E-state index < -0.39 is 29.6 Å². The van der Waals surface area contributed by atoms with Crippen LogP contribution in [0.4, 0.5) is 4.79 Å². The molecule has 6 nitrogen and oxygen atoms in total. The molecule has 1 aliphatic heterocycles. The number of aliphatic hydroxyl groups excluding tert-OH is 1. The van der Waals surface area contributed by atoms with Gasteiger partial charge in [0.25, 0.3) is 0 Å². The van der Waals surface area contributed by atoms with E-state index in [9.17, 15) is 9.90 Å². The molecule has 2 atom stereocenters. The van der Waals surface area contributed by atoms with Crippen LogP contribution < -0.4 is 5.73 Å². The Kier molecular flexibility index (Phi) is 5.18. The molecular formula is C14H26N2O4. The number of nitrogens with two attached hydrogens (primary N) is 1. The van der Waals surface area contributed by atoms with Crippen molar-refractivity contribution in [2.75, 3.05) is 13.2 Å². The van der Waals surface area contributed by atoms with Crippen molar-refractivity contribution in [2.45, 2.75) is 58.1 Å². The quantitative estimate of drug-likeness (QED) is 0.762. The van der Waals surface area contributed by atoms with Crippen LogP contribution in [0.3, 0.4) is 0 Å². The van der Waals surface area contributed by atoms with Gasteiger partial charge in [-0.2, -0.15) is 0 Å². The minimum atomic E-state index is -0.840. The molecule has 0 saturated carbocycles. The molecule has 1 rings (SSSR count). The Balaban J connectivity index is 2.90. The number of carbonyl (C=O) groups is 1. The van der Waals surface area contributed by atoms with Crippen LogP contribution in [0.2, 0.25) is 0 Å². The number of carbonyl (C=O) groups excluding carboxylic acids is 1. The third kappa shape index (κ3) is 4.19. The molecule has 0 spiro atoms. The molecule has 1 amide bonds. The molecule has 0 bridgehead atoms. The number of aliphatic hydroxyl groups is 1. The highest BCUT2D eigenvalue weighted by Gasteiger charge is 2.47. The molecule has 0 aromatic carbocycles. The van der Waals surface area contributed by atoms with Gasteiger partial charge < -0.3 is 20.3 Å². The van der Waals surface area contributed by atoms with Crippen molar-refractivity contribution < 1.29 is 19.4 Å². The molecule has 0 aromatic rings. The van der Waals surface area contributed by atoms with Gasteiger partial charge in [-0.1, -0.05) is 12.2 Å². The summed E-state index contributed by atoms with van der Waals surface area (Å²) in [5.41, 5.74) is 3.96. The fraction of sp³-hybridized carbons (Fsp3) is 0.786. The molecule has 3 N–H and O–H groups in total. The van der Waals surface area contributed by atoms with Crippen molar-refractivity contribution in [3.8, 4) is 0 Å². The Labute approximate surface area is 120 Å². The van der Waals surface area contributed by atoms with Gasteiger partial charge in [0.05, 0.1) is 18.8 Å². The van der Waals surface area contributed by atoms with Gasteiger partial charge in [-0.25, -0.2) is 4.79 Å². The van der Waals surface area contributed by atoms with Crippen molar-refractivity contribution in [3.63, 3.8) is 0 Å². The summed E-state index contributed by atoms with van der Waals surface area (Å²) in [6, 6.07) is -0.484. The number of hydrogen-bond acceptors (Lipinski definition) is 5. The van der Waals surface area contributed by atoms with Crippen molar-refractivity contribution in [1.82, 2.24) is 4.90 Å². The van der Waals surface area contributed by atoms with Crippen molar-refractivity contribution in [2.24, 2.45) is 5.73 Å². The van der Waals surface area contributed by atoms with Crippen LogP contribution in [0.1, 0.15) is 34.6 Å². The highest BCUT2D eigenvalue weighted by atomic mass is 16.6.